The van der Waals surface area contributed by atoms with Crippen LogP contribution in [0.5, 0.6) is 0 Å². The molecular formula is C22H17ClN2OS. The molecular weight excluding hydrogens is 376 g/mol. The molecule has 5 heteroatoms. The molecule has 0 spiro atoms. The first-order chi connectivity index (χ1) is 13.2. The van der Waals surface area contributed by atoms with E-state index in [1.165, 1.54) is 11.5 Å². The Morgan fingerprint density at radius 1 is 0.926 bits per heavy atom. The highest BCUT2D eigenvalue weighted by Crippen LogP contribution is 2.40. The third kappa shape index (κ3) is 3.93. The molecule has 1 unspecified atom stereocenters. The van der Waals surface area contributed by atoms with Crippen LogP contribution in [0.4, 0.5) is 0 Å². The Morgan fingerprint density at radius 2 is 1.70 bits per heavy atom. The fraction of sp³-hybridized carbons (Fsp3) is 0.0909. The quantitative estimate of drug-likeness (QED) is 0.466. The minimum absolute atomic E-state index is 0.479. The molecule has 1 N–H and O–H groups in total. The number of aliphatic hydroxyl groups is 1. The average Bonchev–Trinajstić information content (AvgIpc) is 3.15. The number of benzene rings is 2. The van der Waals surface area contributed by atoms with Crippen molar-refractivity contribution >= 4 is 23.1 Å². The third-order valence-corrected chi connectivity index (χ3v) is 5.53. The highest BCUT2D eigenvalue weighted by Gasteiger charge is 2.23. The second-order valence-corrected chi connectivity index (χ2v) is 7.44. The summed E-state index contributed by atoms with van der Waals surface area (Å²) in [6, 6.07) is 21.5. The Kier molecular flexibility index (Phi) is 5.30. The van der Waals surface area contributed by atoms with Crippen molar-refractivity contribution in [2.45, 2.75) is 12.5 Å². The molecule has 134 valence electrons. The van der Waals surface area contributed by atoms with Gasteiger partial charge in [-0.25, -0.2) is 0 Å². The zero-order valence-electron chi connectivity index (χ0n) is 14.4. The van der Waals surface area contributed by atoms with E-state index in [-0.39, 0.29) is 0 Å². The van der Waals surface area contributed by atoms with Crippen LogP contribution >= 0.6 is 23.1 Å². The van der Waals surface area contributed by atoms with E-state index in [2.05, 4.69) is 9.36 Å². The summed E-state index contributed by atoms with van der Waals surface area (Å²) in [6.07, 6.45) is 3.31. The summed E-state index contributed by atoms with van der Waals surface area (Å²) in [5.74, 6) is 0. The molecule has 4 rings (SSSR count). The Morgan fingerprint density at radius 3 is 2.41 bits per heavy atom. The fourth-order valence-electron chi connectivity index (χ4n) is 3.06. The lowest BCUT2D eigenvalue weighted by Gasteiger charge is -2.14. The molecule has 2 heterocycles. The van der Waals surface area contributed by atoms with E-state index in [0.717, 1.165) is 32.8 Å². The van der Waals surface area contributed by atoms with E-state index >= 15 is 0 Å². The Bertz CT molecular complexity index is 1020. The smallest absolute Gasteiger partial charge is 0.0905 e. The molecule has 2 aromatic heterocycles. The monoisotopic (exact) mass is 392 g/mol. The van der Waals surface area contributed by atoms with Crippen LogP contribution in [0, 0.1) is 0 Å². The number of halogens is 1. The second-order valence-electron chi connectivity index (χ2n) is 6.23. The molecule has 1 atom stereocenters. The lowest BCUT2D eigenvalue weighted by atomic mass is 9.95. The fourth-order valence-corrected chi connectivity index (χ4v) is 4.15. The summed E-state index contributed by atoms with van der Waals surface area (Å²) in [4.78, 5) is 5.13. The molecule has 0 aliphatic rings. The van der Waals surface area contributed by atoms with Gasteiger partial charge in [-0.2, -0.15) is 4.37 Å². The van der Waals surface area contributed by atoms with Crippen LogP contribution in [0.15, 0.2) is 79.1 Å². The summed E-state index contributed by atoms with van der Waals surface area (Å²) in [6.45, 7) is 0. The average molecular weight is 393 g/mol. The normalized spacial score (nSPS) is 12.1. The topological polar surface area (TPSA) is 46.0 Å². The van der Waals surface area contributed by atoms with E-state index in [4.69, 9.17) is 11.6 Å². The van der Waals surface area contributed by atoms with Crippen LogP contribution in [0.3, 0.4) is 0 Å². The van der Waals surface area contributed by atoms with Gasteiger partial charge in [-0.15, -0.1) is 0 Å². The molecule has 0 saturated heterocycles. The first-order valence-corrected chi connectivity index (χ1v) is 9.75. The minimum Gasteiger partial charge on any atom is -0.388 e. The number of hydrogen-bond donors (Lipinski definition) is 1. The second kappa shape index (κ2) is 8.01. The molecule has 0 aliphatic heterocycles. The molecule has 0 amide bonds. The SMILES string of the molecule is OC(Cc1cccnc1)c1c(-c2ccc(Cl)cc2)nsc1-c1ccccc1. The van der Waals surface area contributed by atoms with E-state index in [9.17, 15) is 5.11 Å². The summed E-state index contributed by atoms with van der Waals surface area (Å²) in [5, 5.41) is 11.8. The Balaban J connectivity index is 1.80. The summed E-state index contributed by atoms with van der Waals surface area (Å²) >= 11 is 7.44. The van der Waals surface area contributed by atoms with Gasteiger partial charge in [0, 0.05) is 35.0 Å². The van der Waals surface area contributed by atoms with E-state index in [1.54, 1.807) is 12.4 Å². The molecule has 4 aromatic rings. The summed E-state index contributed by atoms with van der Waals surface area (Å²) in [7, 11) is 0. The van der Waals surface area contributed by atoms with Crippen molar-refractivity contribution in [3.8, 4) is 21.7 Å². The van der Waals surface area contributed by atoms with Crippen molar-refractivity contribution in [3.63, 3.8) is 0 Å². The van der Waals surface area contributed by atoms with Crippen LogP contribution in [-0.4, -0.2) is 14.5 Å². The maximum atomic E-state index is 11.1. The number of hydrogen-bond acceptors (Lipinski definition) is 4. The van der Waals surface area contributed by atoms with Crippen LogP contribution in [-0.2, 0) is 6.42 Å². The molecule has 0 fully saturated rings. The molecule has 2 aromatic carbocycles. The van der Waals surface area contributed by atoms with Gasteiger partial charge in [0.25, 0.3) is 0 Å². The zero-order valence-corrected chi connectivity index (χ0v) is 16.0. The summed E-state index contributed by atoms with van der Waals surface area (Å²) < 4.78 is 4.68. The van der Waals surface area contributed by atoms with Crippen LogP contribution in [0.25, 0.3) is 21.7 Å². The van der Waals surface area contributed by atoms with Gasteiger partial charge in [-0.1, -0.05) is 60.1 Å². The number of aromatic nitrogens is 2. The maximum Gasteiger partial charge on any atom is 0.0905 e. The van der Waals surface area contributed by atoms with Crippen molar-refractivity contribution in [2.24, 2.45) is 0 Å². The van der Waals surface area contributed by atoms with Crippen molar-refractivity contribution in [2.75, 3.05) is 0 Å². The van der Waals surface area contributed by atoms with E-state index in [0.29, 0.717) is 11.4 Å². The Hall–Kier alpha value is -2.53. The lowest BCUT2D eigenvalue weighted by Crippen LogP contribution is -2.04. The van der Waals surface area contributed by atoms with E-state index in [1.807, 2.05) is 66.7 Å². The molecule has 0 saturated carbocycles. The van der Waals surface area contributed by atoms with E-state index < -0.39 is 6.10 Å². The maximum absolute atomic E-state index is 11.1. The standard InChI is InChI=1S/C22H17ClN2OS/c23-18-10-8-16(9-11-18)21-20(19(26)13-15-5-4-12-24-14-15)22(27-25-21)17-6-2-1-3-7-17/h1-12,14,19,26H,13H2. The third-order valence-electron chi connectivity index (χ3n) is 4.37. The largest absolute Gasteiger partial charge is 0.388 e. The minimum atomic E-state index is -0.686. The van der Waals surface area contributed by atoms with Gasteiger partial charge in [0.05, 0.1) is 16.7 Å². The van der Waals surface area contributed by atoms with Gasteiger partial charge in [0.15, 0.2) is 0 Å². The Labute approximate surface area is 167 Å². The highest BCUT2D eigenvalue weighted by molar-refractivity contribution is 7.10. The van der Waals surface area contributed by atoms with Gasteiger partial charge in [0.2, 0.25) is 0 Å². The van der Waals surface area contributed by atoms with Gasteiger partial charge in [-0.3, -0.25) is 4.98 Å². The molecule has 27 heavy (non-hydrogen) atoms. The van der Waals surface area contributed by atoms with Gasteiger partial charge >= 0.3 is 0 Å². The predicted molar refractivity (Wildman–Crippen MR) is 111 cm³/mol. The number of pyridine rings is 1. The number of aliphatic hydroxyl groups excluding tert-OH is 1. The first kappa shape index (κ1) is 17.9. The zero-order chi connectivity index (χ0) is 18.6. The van der Waals surface area contributed by atoms with Crippen LogP contribution in [0.2, 0.25) is 5.02 Å². The lowest BCUT2D eigenvalue weighted by molar-refractivity contribution is 0.179. The molecule has 0 aliphatic carbocycles. The first-order valence-electron chi connectivity index (χ1n) is 8.60. The van der Waals surface area contributed by atoms with Gasteiger partial charge in [0.1, 0.15) is 0 Å². The van der Waals surface area contributed by atoms with Crippen molar-refractivity contribution in [3.05, 3.63) is 95.3 Å². The highest BCUT2D eigenvalue weighted by atomic mass is 35.5. The molecule has 0 radical (unpaired) electrons. The molecule has 0 bridgehead atoms. The molecule has 3 nitrogen and oxygen atoms in total. The number of rotatable bonds is 5. The van der Waals surface area contributed by atoms with Crippen LogP contribution < -0.4 is 0 Å². The summed E-state index contributed by atoms with van der Waals surface area (Å²) in [5.41, 5.74) is 4.62. The predicted octanol–water partition coefficient (Wildman–Crippen LogP) is 5.80. The van der Waals surface area contributed by atoms with Gasteiger partial charge < -0.3 is 5.11 Å². The van der Waals surface area contributed by atoms with Crippen molar-refractivity contribution in [1.29, 1.82) is 0 Å². The van der Waals surface area contributed by atoms with Crippen molar-refractivity contribution < 1.29 is 5.11 Å². The number of nitrogens with zero attached hydrogens (tertiary/aromatic N) is 2. The van der Waals surface area contributed by atoms with Crippen LogP contribution in [0.1, 0.15) is 17.2 Å². The van der Waals surface area contributed by atoms with Crippen molar-refractivity contribution in [1.82, 2.24) is 9.36 Å². The van der Waals surface area contributed by atoms with Gasteiger partial charge in [-0.05, 0) is 40.9 Å².